The van der Waals surface area contributed by atoms with Crippen molar-refractivity contribution in [3.05, 3.63) is 66.4 Å². The Bertz CT molecular complexity index is 780. The summed E-state index contributed by atoms with van der Waals surface area (Å²) < 4.78 is 5.92. The number of unbranched alkanes of at least 4 members (excludes halogenated alkanes) is 4. The zero-order valence-electron chi connectivity index (χ0n) is 20.1. The molecule has 1 heterocycles. The van der Waals surface area contributed by atoms with Crippen LogP contribution < -0.4 is 4.74 Å². The number of carboxylic acids is 1. The van der Waals surface area contributed by atoms with Gasteiger partial charge >= 0.3 is 5.97 Å². The van der Waals surface area contributed by atoms with Crippen LogP contribution in [-0.2, 0) is 4.79 Å². The lowest BCUT2D eigenvalue weighted by molar-refractivity contribution is -0.137. The van der Waals surface area contributed by atoms with Crippen molar-refractivity contribution in [2.24, 2.45) is 0 Å². The molecule has 0 unspecified atom stereocenters. The van der Waals surface area contributed by atoms with Crippen LogP contribution in [0.2, 0.25) is 0 Å². The molecule has 6 heteroatoms. The third-order valence-corrected chi connectivity index (χ3v) is 5.74. The van der Waals surface area contributed by atoms with Crippen LogP contribution in [0.25, 0.3) is 6.08 Å². The lowest BCUT2D eigenvalue weighted by atomic mass is 10.1. The first-order valence-electron chi connectivity index (χ1n) is 11.9. The summed E-state index contributed by atoms with van der Waals surface area (Å²) in [5.41, 5.74) is 0. The highest BCUT2D eigenvalue weighted by atomic mass is 32.1. The standard InChI is InChI=1S/C27H40N2O3S/c1-4-7-11-18-25-23-28-27(33-25)32-24(16-6-3)17-12-9-14-21-29(20-8-5-2)22-15-10-13-19-26(30)31/h4,6,11-12,16-18,23H,1,3,5,7-10,13-15,19-22H2,2H3,(H,30,31)/b17-12-,18-11?,24-16+. The van der Waals surface area contributed by atoms with E-state index in [1.165, 1.54) is 24.2 Å². The predicted molar refractivity (Wildman–Crippen MR) is 141 cm³/mol. The summed E-state index contributed by atoms with van der Waals surface area (Å²) >= 11 is 1.50. The highest BCUT2D eigenvalue weighted by molar-refractivity contribution is 7.14. The molecule has 5 nitrogen and oxygen atoms in total. The number of rotatable bonds is 20. The van der Waals surface area contributed by atoms with E-state index in [2.05, 4.69) is 36.0 Å². The topological polar surface area (TPSA) is 62.7 Å². The van der Waals surface area contributed by atoms with E-state index in [1.54, 1.807) is 12.3 Å². The van der Waals surface area contributed by atoms with Gasteiger partial charge in [0.15, 0.2) is 0 Å². The largest absolute Gasteiger partial charge is 0.481 e. The quantitative estimate of drug-likeness (QED) is 0.0936. The highest BCUT2D eigenvalue weighted by Crippen LogP contribution is 2.24. The first-order chi connectivity index (χ1) is 16.1. The number of allylic oxidation sites excluding steroid dienone is 6. The Labute approximate surface area is 203 Å². The van der Waals surface area contributed by atoms with E-state index in [4.69, 9.17) is 9.84 Å². The minimum atomic E-state index is -0.700. The van der Waals surface area contributed by atoms with Crippen molar-refractivity contribution in [1.29, 1.82) is 0 Å². The van der Waals surface area contributed by atoms with E-state index in [0.717, 1.165) is 68.8 Å². The lowest BCUT2D eigenvalue weighted by Crippen LogP contribution is -2.27. The normalized spacial score (nSPS) is 12.1. The van der Waals surface area contributed by atoms with Gasteiger partial charge in [-0.15, -0.1) is 6.58 Å². The molecule has 1 aromatic rings. The maximum absolute atomic E-state index is 10.6. The van der Waals surface area contributed by atoms with Crippen LogP contribution in [0.5, 0.6) is 5.19 Å². The summed E-state index contributed by atoms with van der Waals surface area (Å²) in [4.78, 5) is 18.5. The first kappa shape index (κ1) is 28.6. The third-order valence-electron chi connectivity index (χ3n) is 4.89. The molecule has 0 aliphatic heterocycles. The van der Waals surface area contributed by atoms with Gasteiger partial charge in [0.25, 0.3) is 5.19 Å². The number of aliphatic carboxylic acids is 1. The molecular formula is C27H40N2O3S. The summed E-state index contributed by atoms with van der Waals surface area (Å²) in [6.45, 7) is 12.9. The molecule has 1 N–H and O–H groups in total. The van der Waals surface area contributed by atoms with Crippen LogP contribution in [0.3, 0.4) is 0 Å². The number of aromatic nitrogens is 1. The van der Waals surface area contributed by atoms with Crippen LogP contribution >= 0.6 is 11.3 Å². The molecule has 0 bridgehead atoms. The molecule has 182 valence electrons. The van der Waals surface area contributed by atoms with Crippen molar-refractivity contribution < 1.29 is 14.6 Å². The van der Waals surface area contributed by atoms with E-state index < -0.39 is 5.97 Å². The fraction of sp³-hybridized carbons (Fsp3) is 0.481. The second kappa shape index (κ2) is 19.1. The van der Waals surface area contributed by atoms with E-state index in [9.17, 15) is 4.79 Å². The SMILES string of the molecule is C=C/C=C(\C=C/CCCN(CCCC)CCCCCC(=O)O)Oc1ncc(C=CCC=C)s1. The summed E-state index contributed by atoms with van der Waals surface area (Å²) in [5.74, 6) is 0.0244. The maximum Gasteiger partial charge on any atom is 0.303 e. The van der Waals surface area contributed by atoms with Crippen molar-refractivity contribution in [2.75, 3.05) is 19.6 Å². The van der Waals surface area contributed by atoms with Crippen LogP contribution in [0.1, 0.15) is 69.6 Å². The van der Waals surface area contributed by atoms with Gasteiger partial charge in [0.2, 0.25) is 0 Å². The van der Waals surface area contributed by atoms with Gasteiger partial charge in [0.05, 0.1) is 4.88 Å². The van der Waals surface area contributed by atoms with Crippen molar-refractivity contribution in [1.82, 2.24) is 9.88 Å². The van der Waals surface area contributed by atoms with Gasteiger partial charge in [0.1, 0.15) is 5.76 Å². The van der Waals surface area contributed by atoms with Crippen molar-refractivity contribution in [3.63, 3.8) is 0 Å². The summed E-state index contributed by atoms with van der Waals surface area (Å²) in [6, 6.07) is 0. The number of nitrogens with zero attached hydrogens (tertiary/aromatic N) is 2. The van der Waals surface area contributed by atoms with Crippen LogP contribution in [-0.4, -0.2) is 40.6 Å². The minimum absolute atomic E-state index is 0.275. The molecule has 0 radical (unpaired) electrons. The Morgan fingerprint density at radius 1 is 1.15 bits per heavy atom. The van der Waals surface area contributed by atoms with Gasteiger partial charge in [-0.3, -0.25) is 4.79 Å². The van der Waals surface area contributed by atoms with Gasteiger partial charge in [0, 0.05) is 12.6 Å². The van der Waals surface area contributed by atoms with E-state index in [0.29, 0.717) is 5.19 Å². The molecule has 0 spiro atoms. The van der Waals surface area contributed by atoms with Crippen LogP contribution in [0, 0.1) is 0 Å². The molecule has 0 aliphatic carbocycles. The predicted octanol–water partition coefficient (Wildman–Crippen LogP) is 7.26. The fourth-order valence-electron chi connectivity index (χ4n) is 3.15. The number of hydrogen-bond acceptors (Lipinski definition) is 5. The number of hydrogen-bond donors (Lipinski definition) is 1. The molecule has 1 rings (SSSR count). The summed E-state index contributed by atoms with van der Waals surface area (Å²) in [7, 11) is 0. The molecule has 0 saturated carbocycles. The van der Waals surface area contributed by atoms with Crippen molar-refractivity contribution in [2.45, 2.75) is 64.7 Å². The highest BCUT2D eigenvalue weighted by Gasteiger charge is 2.05. The Hall–Kier alpha value is -2.44. The van der Waals surface area contributed by atoms with Crippen LogP contribution in [0.15, 0.2) is 61.6 Å². The molecule has 33 heavy (non-hydrogen) atoms. The molecule has 0 aliphatic rings. The van der Waals surface area contributed by atoms with Gasteiger partial charge < -0.3 is 14.7 Å². The first-order valence-corrected chi connectivity index (χ1v) is 12.7. The molecule has 0 aromatic carbocycles. The summed E-state index contributed by atoms with van der Waals surface area (Å²) in [5, 5.41) is 9.37. The monoisotopic (exact) mass is 472 g/mol. The Kier molecular flexibility index (Phi) is 16.5. The molecule has 0 saturated heterocycles. The smallest absolute Gasteiger partial charge is 0.303 e. The van der Waals surface area contributed by atoms with Gasteiger partial charge in [-0.25, -0.2) is 4.98 Å². The zero-order chi connectivity index (χ0) is 24.2. The van der Waals surface area contributed by atoms with Crippen molar-refractivity contribution >= 4 is 23.4 Å². The average molecular weight is 473 g/mol. The Morgan fingerprint density at radius 3 is 2.67 bits per heavy atom. The van der Waals surface area contributed by atoms with Crippen LogP contribution in [0.4, 0.5) is 0 Å². The van der Waals surface area contributed by atoms with Gasteiger partial charge in [-0.05, 0) is 76.4 Å². The van der Waals surface area contributed by atoms with Gasteiger partial charge in [-0.2, -0.15) is 0 Å². The fourth-order valence-corrected chi connectivity index (χ4v) is 3.87. The second-order valence-electron chi connectivity index (χ2n) is 7.81. The number of thiazole rings is 1. The lowest BCUT2D eigenvalue weighted by Gasteiger charge is -2.21. The third kappa shape index (κ3) is 15.1. The number of carboxylic acid groups (broad SMARTS) is 1. The Morgan fingerprint density at radius 2 is 1.94 bits per heavy atom. The van der Waals surface area contributed by atoms with Gasteiger partial charge in [-0.1, -0.05) is 62.0 Å². The second-order valence-corrected chi connectivity index (χ2v) is 8.83. The van der Waals surface area contributed by atoms with Crippen molar-refractivity contribution in [3.8, 4) is 5.19 Å². The molecule has 1 aromatic heterocycles. The molecule has 0 fully saturated rings. The van der Waals surface area contributed by atoms with E-state index in [1.807, 2.05) is 30.4 Å². The summed E-state index contributed by atoms with van der Waals surface area (Å²) in [6.07, 6.45) is 23.8. The minimum Gasteiger partial charge on any atom is -0.481 e. The van der Waals surface area contributed by atoms with E-state index >= 15 is 0 Å². The zero-order valence-corrected chi connectivity index (χ0v) is 20.9. The number of ether oxygens (including phenoxy) is 1. The maximum atomic E-state index is 10.6. The van der Waals surface area contributed by atoms with E-state index in [-0.39, 0.29) is 6.42 Å². The molecular weight excluding hydrogens is 432 g/mol. The molecule has 0 atom stereocenters. The molecule has 0 amide bonds. The Balaban J connectivity index is 2.44. The average Bonchev–Trinajstić information content (AvgIpc) is 3.23. The number of carbonyl (C=O) groups is 1.